The Balaban J connectivity index is 0.000000545. The van der Waals surface area contributed by atoms with E-state index in [1.807, 2.05) is 0 Å². The van der Waals surface area contributed by atoms with Crippen molar-refractivity contribution in [3.05, 3.63) is 84.4 Å². The third-order valence-electron chi connectivity index (χ3n) is 3.29. The van der Waals surface area contributed by atoms with Crippen molar-refractivity contribution >= 4 is 0 Å². The highest BCUT2D eigenvalue weighted by Gasteiger charge is 2.02. The molecule has 3 aromatic carbocycles. The van der Waals surface area contributed by atoms with Crippen LogP contribution in [-0.4, -0.2) is 14.2 Å². The van der Waals surface area contributed by atoms with Crippen molar-refractivity contribution in [2.45, 2.75) is 6.92 Å². The van der Waals surface area contributed by atoms with Gasteiger partial charge in [-0.1, -0.05) is 72.8 Å². The molecule has 0 amide bonds. The summed E-state index contributed by atoms with van der Waals surface area (Å²) < 4.78 is 4.25. The molecule has 3 rings (SSSR count). The van der Waals surface area contributed by atoms with Gasteiger partial charge in [-0.05, 0) is 40.8 Å². The topological polar surface area (TPSA) is 9.23 Å². The number of aryl methyl sites for hydroxylation is 1. The summed E-state index contributed by atoms with van der Waals surface area (Å²) in [6.07, 6.45) is 0. The van der Waals surface area contributed by atoms with Crippen molar-refractivity contribution in [1.29, 1.82) is 0 Å². The van der Waals surface area contributed by atoms with Crippen molar-refractivity contribution in [3.63, 3.8) is 0 Å². The number of ether oxygens (including phenoxy) is 1. The van der Waals surface area contributed by atoms with Crippen LogP contribution in [0.1, 0.15) is 5.56 Å². The Hall–Kier alpha value is -2.38. The van der Waals surface area contributed by atoms with Crippen LogP contribution in [0.25, 0.3) is 22.3 Å². The van der Waals surface area contributed by atoms with Gasteiger partial charge in [-0.3, -0.25) is 0 Å². The molecule has 0 aromatic heterocycles. The fraction of sp³-hybridized carbons (Fsp3) is 0.143. The molecule has 0 N–H and O–H groups in total. The first-order valence-electron chi connectivity index (χ1n) is 7.37. The molecular weight excluding hydrogens is 268 g/mol. The Morgan fingerprint density at radius 2 is 0.909 bits per heavy atom. The van der Waals surface area contributed by atoms with E-state index in [2.05, 4.69) is 90.5 Å². The second-order valence-electron chi connectivity index (χ2n) is 5.23. The maximum atomic E-state index is 4.25. The van der Waals surface area contributed by atoms with Crippen LogP contribution in [0, 0.1) is 6.92 Å². The van der Waals surface area contributed by atoms with Crippen LogP contribution >= 0.6 is 0 Å². The third kappa shape index (κ3) is 4.31. The van der Waals surface area contributed by atoms with E-state index in [0.717, 1.165) is 0 Å². The van der Waals surface area contributed by atoms with E-state index in [1.165, 1.54) is 27.8 Å². The minimum atomic E-state index is 1.27. The zero-order valence-corrected chi connectivity index (χ0v) is 13.4. The maximum absolute atomic E-state index is 4.25. The molecule has 0 unspecified atom stereocenters. The molecule has 0 heterocycles. The average molecular weight is 290 g/mol. The van der Waals surface area contributed by atoms with Gasteiger partial charge in [-0.25, -0.2) is 0 Å². The van der Waals surface area contributed by atoms with Crippen molar-refractivity contribution in [2.24, 2.45) is 0 Å². The number of hydrogen-bond donors (Lipinski definition) is 0. The first-order valence-corrected chi connectivity index (χ1v) is 7.37. The lowest BCUT2D eigenvalue weighted by Gasteiger charge is -2.08. The molecule has 0 spiro atoms. The fourth-order valence-electron chi connectivity index (χ4n) is 2.38. The summed E-state index contributed by atoms with van der Waals surface area (Å²) in [5, 5.41) is 0. The van der Waals surface area contributed by atoms with Crippen LogP contribution in [0.3, 0.4) is 0 Å². The van der Waals surface area contributed by atoms with E-state index in [0.29, 0.717) is 0 Å². The minimum Gasteiger partial charge on any atom is -0.388 e. The first kappa shape index (κ1) is 16.0. The molecule has 0 aliphatic carbocycles. The number of methoxy groups -OCH3 is 1. The molecule has 0 saturated carbocycles. The van der Waals surface area contributed by atoms with E-state index in [9.17, 15) is 0 Å². The van der Waals surface area contributed by atoms with Crippen LogP contribution in [-0.2, 0) is 4.74 Å². The van der Waals surface area contributed by atoms with E-state index in [-0.39, 0.29) is 0 Å². The quantitative estimate of drug-likeness (QED) is 0.597. The molecular formula is C21H22O. The highest BCUT2D eigenvalue weighted by Crippen LogP contribution is 2.27. The molecule has 3 aromatic rings. The normalized spacial score (nSPS) is 9.77. The molecule has 0 aliphatic heterocycles. The molecule has 112 valence electrons. The number of hydrogen-bond acceptors (Lipinski definition) is 1. The third-order valence-corrected chi connectivity index (χ3v) is 3.29. The lowest BCUT2D eigenvalue weighted by atomic mass is 9.97. The molecule has 0 saturated heterocycles. The molecule has 1 heteroatoms. The summed E-state index contributed by atoms with van der Waals surface area (Å²) in [5.41, 5.74) is 6.38. The predicted octanol–water partition coefficient (Wildman–Crippen LogP) is 5.59. The Bertz CT molecular complexity index is 630. The van der Waals surface area contributed by atoms with Gasteiger partial charge in [-0.15, -0.1) is 0 Å². The van der Waals surface area contributed by atoms with E-state index in [4.69, 9.17) is 0 Å². The van der Waals surface area contributed by atoms with Gasteiger partial charge in [0.1, 0.15) is 0 Å². The molecule has 0 radical (unpaired) electrons. The Morgan fingerprint density at radius 3 is 1.27 bits per heavy atom. The van der Waals surface area contributed by atoms with Gasteiger partial charge in [-0.2, -0.15) is 0 Å². The van der Waals surface area contributed by atoms with Gasteiger partial charge in [0.15, 0.2) is 0 Å². The summed E-state index contributed by atoms with van der Waals surface area (Å²) in [6.45, 7) is 2.15. The second-order valence-corrected chi connectivity index (χ2v) is 5.23. The molecule has 0 bridgehead atoms. The van der Waals surface area contributed by atoms with Gasteiger partial charge in [0, 0.05) is 14.2 Å². The molecule has 22 heavy (non-hydrogen) atoms. The van der Waals surface area contributed by atoms with Gasteiger partial charge in [0.25, 0.3) is 0 Å². The summed E-state index contributed by atoms with van der Waals surface area (Å²) >= 11 is 0. The van der Waals surface area contributed by atoms with Gasteiger partial charge < -0.3 is 4.74 Å². The predicted molar refractivity (Wildman–Crippen MR) is 95.0 cm³/mol. The van der Waals surface area contributed by atoms with Gasteiger partial charge in [0.05, 0.1) is 0 Å². The Labute approximate surface area is 133 Å². The zero-order valence-electron chi connectivity index (χ0n) is 13.4. The second kappa shape index (κ2) is 8.16. The fourth-order valence-corrected chi connectivity index (χ4v) is 2.38. The van der Waals surface area contributed by atoms with Gasteiger partial charge >= 0.3 is 0 Å². The Morgan fingerprint density at radius 1 is 0.545 bits per heavy atom. The SMILES string of the molecule is COC.Cc1cc(-c2ccccc2)cc(-c2ccccc2)c1. The lowest BCUT2D eigenvalue weighted by Crippen LogP contribution is -1.84. The smallest absolute Gasteiger partial charge is 0.0351 e. The molecule has 0 fully saturated rings. The summed E-state index contributed by atoms with van der Waals surface area (Å²) in [7, 11) is 3.25. The van der Waals surface area contributed by atoms with Crippen LogP contribution in [0.2, 0.25) is 0 Å². The maximum Gasteiger partial charge on any atom is 0.0351 e. The largest absolute Gasteiger partial charge is 0.388 e. The van der Waals surface area contributed by atoms with Crippen LogP contribution in [0.15, 0.2) is 78.9 Å². The summed E-state index contributed by atoms with van der Waals surface area (Å²) in [5.74, 6) is 0. The van der Waals surface area contributed by atoms with Gasteiger partial charge in [0.2, 0.25) is 0 Å². The van der Waals surface area contributed by atoms with E-state index < -0.39 is 0 Å². The van der Waals surface area contributed by atoms with Crippen LogP contribution in [0.5, 0.6) is 0 Å². The average Bonchev–Trinajstić information content (AvgIpc) is 2.57. The van der Waals surface area contributed by atoms with Crippen molar-refractivity contribution in [3.8, 4) is 22.3 Å². The van der Waals surface area contributed by atoms with Crippen LogP contribution < -0.4 is 0 Å². The number of benzene rings is 3. The lowest BCUT2D eigenvalue weighted by molar-refractivity contribution is 0.277. The molecule has 0 aliphatic rings. The van der Waals surface area contributed by atoms with Crippen molar-refractivity contribution in [2.75, 3.05) is 14.2 Å². The van der Waals surface area contributed by atoms with E-state index >= 15 is 0 Å². The standard InChI is InChI=1S/C19H16.C2H6O/c1-15-12-18(16-8-4-2-5-9-16)14-19(13-15)17-10-6-3-7-11-17;1-3-2/h2-14H,1H3;1-2H3. The highest BCUT2D eigenvalue weighted by atomic mass is 16.4. The van der Waals surface area contributed by atoms with E-state index in [1.54, 1.807) is 14.2 Å². The van der Waals surface area contributed by atoms with Crippen LogP contribution in [0.4, 0.5) is 0 Å². The minimum absolute atomic E-state index is 1.27. The Kier molecular flexibility index (Phi) is 5.93. The summed E-state index contributed by atoms with van der Waals surface area (Å²) in [6, 6.07) is 27.8. The highest BCUT2D eigenvalue weighted by molar-refractivity contribution is 5.74. The summed E-state index contributed by atoms with van der Waals surface area (Å²) in [4.78, 5) is 0. The molecule has 1 nitrogen and oxygen atoms in total. The monoisotopic (exact) mass is 290 g/mol. The van der Waals surface area contributed by atoms with Crippen molar-refractivity contribution in [1.82, 2.24) is 0 Å². The first-order chi connectivity index (χ1) is 10.7. The van der Waals surface area contributed by atoms with Crippen molar-refractivity contribution < 1.29 is 4.74 Å². The molecule has 0 atom stereocenters. The number of rotatable bonds is 2. The zero-order chi connectivity index (χ0) is 15.8.